The molecule has 0 amide bonds. The van der Waals surface area contributed by atoms with Gasteiger partial charge in [0.05, 0.1) is 10.2 Å². The van der Waals surface area contributed by atoms with Crippen LogP contribution in [0.2, 0.25) is 0 Å². The van der Waals surface area contributed by atoms with Crippen LogP contribution in [0.1, 0.15) is 49.4 Å². The number of rotatable bonds is 2. The van der Waals surface area contributed by atoms with E-state index in [1.165, 1.54) is 70.3 Å². The van der Waals surface area contributed by atoms with E-state index < -0.39 is 0 Å². The van der Waals surface area contributed by atoms with Gasteiger partial charge in [0.2, 0.25) is 0 Å². The molecule has 3 aromatic heterocycles. The van der Waals surface area contributed by atoms with E-state index in [1.807, 2.05) is 0 Å². The van der Waals surface area contributed by atoms with E-state index in [0.29, 0.717) is 0 Å². The number of hydrogen-bond donors (Lipinski definition) is 0. The fourth-order valence-corrected chi connectivity index (χ4v) is 5.57. The van der Waals surface area contributed by atoms with Gasteiger partial charge in [0, 0.05) is 24.2 Å². The Bertz CT molecular complexity index is 924. The Labute approximate surface area is 145 Å². The molecule has 0 N–H and O–H groups in total. The second kappa shape index (κ2) is 5.66. The molecule has 4 heterocycles. The van der Waals surface area contributed by atoms with Crippen molar-refractivity contribution in [3.63, 3.8) is 0 Å². The number of fused-ring (bicyclic) bond motifs is 5. The molecule has 1 saturated heterocycles. The summed E-state index contributed by atoms with van der Waals surface area (Å²) in [5.74, 6) is 1.13. The Morgan fingerprint density at radius 1 is 1.04 bits per heavy atom. The first-order chi connectivity index (χ1) is 11.9. The van der Waals surface area contributed by atoms with Crippen molar-refractivity contribution in [3.05, 3.63) is 23.1 Å². The zero-order chi connectivity index (χ0) is 16.1. The Kier molecular flexibility index (Phi) is 3.44. The number of hydrogen-bond acceptors (Lipinski definition) is 5. The summed E-state index contributed by atoms with van der Waals surface area (Å²) in [4.78, 5) is 18.0. The summed E-state index contributed by atoms with van der Waals surface area (Å²) in [5, 5.41) is 1.32. The molecular formula is C19H22N4S. The van der Waals surface area contributed by atoms with Crippen LogP contribution in [0.25, 0.3) is 20.4 Å². The Morgan fingerprint density at radius 2 is 1.83 bits per heavy atom. The van der Waals surface area contributed by atoms with Crippen LogP contribution in [0.3, 0.4) is 0 Å². The molecule has 5 heteroatoms. The van der Waals surface area contributed by atoms with Crippen LogP contribution in [-0.2, 0) is 19.3 Å². The van der Waals surface area contributed by atoms with E-state index in [1.54, 1.807) is 17.7 Å². The predicted molar refractivity (Wildman–Crippen MR) is 100 cm³/mol. The van der Waals surface area contributed by atoms with Crippen LogP contribution in [0.15, 0.2) is 6.33 Å². The van der Waals surface area contributed by atoms with Crippen molar-refractivity contribution >= 4 is 37.6 Å². The summed E-state index contributed by atoms with van der Waals surface area (Å²) >= 11 is 1.80. The van der Waals surface area contributed by atoms with Gasteiger partial charge >= 0.3 is 0 Å². The first-order valence-electron chi connectivity index (χ1n) is 9.19. The maximum Gasteiger partial charge on any atom is 0.150 e. The van der Waals surface area contributed by atoms with Gasteiger partial charge in [0.15, 0.2) is 0 Å². The number of pyridine rings is 1. The average molecular weight is 338 g/mol. The monoisotopic (exact) mass is 338 g/mol. The molecule has 5 rings (SSSR count). The van der Waals surface area contributed by atoms with Crippen LogP contribution in [0, 0.1) is 0 Å². The lowest BCUT2D eigenvalue weighted by Gasteiger charge is -2.19. The number of aryl methyl sites for hydroxylation is 2. The van der Waals surface area contributed by atoms with Crippen molar-refractivity contribution < 1.29 is 0 Å². The smallest absolute Gasteiger partial charge is 0.150 e. The van der Waals surface area contributed by atoms with Gasteiger partial charge in [-0.1, -0.05) is 6.92 Å². The molecule has 0 atom stereocenters. The molecule has 124 valence electrons. The van der Waals surface area contributed by atoms with Gasteiger partial charge in [-0.2, -0.15) is 0 Å². The Hall–Kier alpha value is -1.75. The molecule has 0 bridgehead atoms. The van der Waals surface area contributed by atoms with Crippen LogP contribution in [-0.4, -0.2) is 28.0 Å². The van der Waals surface area contributed by atoms with Gasteiger partial charge in [-0.15, -0.1) is 11.3 Å². The lowest BCUT2D eigenvalue weighted by Crippen LogP contribution is -2.19. The molecular weight excluding hydrogens is 316 g/mol. The van der Waals surface area contributed by atoms with Gasteiger partial charge in [-0.3, -0.25) is 0 Å². The Morgan fingerprint density at radius 3 is 2.62 bits per heavy atom. The van der Waals surface area contributed by atoms with Crippen molar-refractivity contribution in [2.75, 3.05) is 18.0 Å². The summed E-state index contributed by atoms with van der Waals surface area (Å²) in [6.07, 6.45) is 10.3. The number of anilines is 1. The minimum atomic E-state index is 1.02. The van der Waals surface area contributed by atoms with Gasteiger partial charge in [0.1, 0.15) is 17.0 Å². The minimum absolute atomic E-state index is 1.02. The second-order valence-electron chi connectivity index (χ2n) is 6.93. The van der Waals surface area contributed by atoms with Crippen LogP contribution < -0.4 is 4.90 Å². The third-order valence-electron chi connectivity index (χ3n) is 5.53. The zero-order valence-electron chi connectivity index (χ0n) is 14.1. The average Bonchev–Trinajstić information content (AvgIpc) is 3.28. The van der Waals surface area contributed by atoms with E-state index in [2.05, 4.69) is 16.8 Å². The minimum Gasteiger partial charge on any atom is -0.355 e. The normalized spacial score (nSPS) is 17.8. The predicted octanol–water partition coefficient (Wildman–Crippen LogP) is 4.28. The first kappa shape index (κ1) is 14.6. The molecule has 4 nitrogen and oxygen atoms in total. The van der Waals surface area contributed by atoms with Gasteiger partial charge in [-0.25, -0.2) is 15.0 Å². The second-order valence-corrected chi connectivity index (χ2v) is 7.93. The standard InChI is InChI=1S/C19H22N4S/c1-2-14-12-7-3-4-8-13(12)15-16-17(24-19(15)22-14)18(21-11-20-16)23-9-5-6-10-23/h11H,2-10H2,1H3. The topological polar surface area (TPSA) is 41.9 Å². The molecule has 0 spiro atoms. The van der Waals surface area contributed by atoms with Crippen LogP contribution >= 0.6 is 11.3 Å². The highest BCUT2D eigenvalue weighted by Gasteiger charge is 2.24. The van der Waals surface area contributed by atoms with Gasteiger partial charge < -0.3 is 4.90 Å². The SMILES string of the molecule is CCc1nc2sc3c(N4CCCC4)ncnc3c2c2c1CCCC2. The van der Waals surface area contributed by atoms with Crippen molar-refractivity contribution in [1.29, 1.82) is 0 Å². The highest BCUT2D eigenvalue weighted by molar-refractivity contribution is 7.26. The molecule has 1 aliphatic heterocycles. The van der Waals surface area contributed by atoms with Crippen molar-refractivity contribution in [2.45, 2.75) is 51.9 Å². The largest absolute Gasteiger partial charge is 0.355 e. The highest BCUT2D eigenvalue weighted by Crippen LogP contribution is 2.41. The maximum absolute atomic E-state index is 5.04. The first-order valence-corrected chi connectivity index (χ1v) is 10.0. The summed E-state index contributed by atoms with van der Waals surface area (Å²) in [6, 6.07) is 0. The van der Waals surface area contributed by atoms with E-state index in [0.717, 1.165) is 30.8 Å². The molecule has 3 aromatic rings. The molecule has 0 radical (unpaired) electrons. The van der Waals surface area contributed by atoms with Crippen LogP contribution in [0.4, 0.5) is 5.82 Å². The molecule has 1 fully saturated rings. The number of thiophene rings is 1. The third kappa shape index (κ3) is 2.07. The lowest BCUT2D eigenvalue weighted by molar-refractivity contribution is 0.679. The number of aromatic nitrogens is 3. The van der Waals surface area contributed by atoms with Crippen molar-refractivity contribution in [1.82, 2.24) is 15.0 Å². The van der Waals surface area contributed by atoms with Crippen LogP contribution in [0.5, 0.6) is 0 Å². The van der Waals surface area contributed by atoms with E-state index in [-0.39, 0.29) is 0 Å². The fraction of sp³-hybridized carbons (Fsp3) is 0.526. The molecule has 2 aliphatic rings. The summed E-state index contributed by atoms with van der Waals surface area (Å²) in [6.45, 7) is 4.46. The van der Waals surface area contributed by atoms with E-state index >= 15 is 0 Å². The molecule has 24 heavy (non-hydrogen) atoms. The van der Waals surface area contributed by atoms with Crippen molar-refractivity contribution in [3.8, 4) is 0 Å². The van der Waals surface area contributed by atoms with E-state index in [9.17, 15) is 0 Å². The van der Waals surface area contributed by atoms with Crippen molar-refractivity contribution in [2.24, 2.45) is 0 Å². The summed E-state index contributed by atoms with van der Waals surface area (Å²) < 4.78 is 1.24. The number of nitrogens with zero attached hydrogens (tertiary/aromatic N) is 4. The highest BCUT2D eigenvalue weighted by atomic mass is 32.1. The quantitative estimate of drug-likeness (QED) is 0.699. The third-order valence-corrected chi connectivity index (χ3v) is 6.60. The fourth-order valence-electron chi connectivity index (χ4n) is 4.37. The van der Waals surface area contributed by atoms with E-state index in [4.69, 9.17) is 9.97 Å². The maximum atomic E-state index is 5.04. The summed E-state index contributed by atoms with van der Waals surface area (Å²) in [7, 11) is 0. The Balaban J connectivity index is 1.83. The lowest BCUT2D eigenvalue weighted by atomic mass is 9.88. The molecule has 0 aromatic carbocycles. The summed E-state index contributed by atoms with van der Waals surface area (Å²) in [5.41, 5.74) is 5.48. The van der Waals surface area contributed by atoms with Gasteiger partial charge in [-0.05, 0) is 56.1 Å². The molecule has 1 aliphatic carbocycles. The van der Waals surface area contributed by atoms with Gasteiger partial charge in [0.25, 0.3) is 0 Å². The zero-order valence-corrected chi connectivity index (χ0v) is 15.0. The molecule has 0 saturated carbocycles. The molecule has 0 unspecified atom stereocenters.